The van der Waals surface area contributed by atoms with Crippen LogP contribution in [-0.2, 0) is 26.1 Å². The fourth-order valence-electron chi connectivity index (χ4n) is 3.30. The summed E-state index contributed by atoms with van der Waals surface area (Å²) < 4.78 is 32.1. The molecule has 0 atom stereocenters. The molecule has 2 aromatic carbocycles. The van der Waals surface area contributed by atoms with E-state index >= 15 is 0 Å². The minimum atomic E-state index is -3.51. The number of amides is 1. The second kappa shape index (κ2) is 10.5. The van der Waals surface area contributed by atoms with Gasteiger partial charge in [-0.2, -0.15) is 4.31 Å². The van der Waals surface area contributed by atoms with Gasteiger partial charge < -0.3 is 9.64 Å². The van der Waals surface area contributed by atoms with Gasteiger partial charge in [0.25, 0.3) is 0 Å². The van der Waals surface area contributed by atoms with Gasteiger partial charge in [-0.1, -0.05) is 49.4 Å². The van der Waals surface area contributed by atoms with Crippen molar-refractivity contribution in [3.63, 3.8) is 0 Å². The zero-order valence-electron chi connectivity index (χ0n) is 17.2. The van der Waals surface area contributed by atoms with Gasteiger partial charge in [0, 0.05) is 32.3 Å². The standard InChI is InChI=1S/C23H28N2O4S/c1-2-14-24(19-21-6-4-3-5-7-21)23(26)13-10-20-8-11-22(12-9-20)30(27,28)25-15-17-29-18-16-25/h3-13H,2,14-19H2,1H3/b13-10+. The number of benzene rings is 2. The van der Waals surface area contributed by atoms with E-state index in [0.717, 1.165) is 17.5 Å². The second-order valence-electron chi connectivity index (χ2n) is 7.16. The maximum Gasteiger partial charge on any atom is 0.246 e. The number of sulfonamides is 1. The molecule has 1 saturated heterocycles. The van der Waals surface area contributed by atoms with E-state index in [1.807, 2.05) is 42.2 Å². The maximum absolute atomic E-state index is 12.7. The van der Waals surface area contributed by atoms with Crippen molar-refractivity contribution in [2.24, 2.45) is 0 Å². The Morgan fingerprint density at radius 3 is 2.37 bits per heavy atom. The summed E-state index contributed by atoms with van der Waals surface area (Å²) in [7, 11) is -3.51. The highest BCUT2D eigenvalue weighted by atomic mass is 32.2. The average Bonchev–Trinajstić information content (AvgIpc) is 2.79. The van der Waals surface area contributed by atoms with Crippen molar-refractivity contribution in [1.29, 1.82) is 0 Å². The van der Waals surface area contributed by atoms with Crippen LogP contribution < -0.4 is 0 Å². The predicted octanol–water partition coefficient (Wildman–Crippen LogP) is 3.16. The monoisotopic (exact) mass is 428 g/mol. The van der Waals surface area contributed by atoms with Crippen LogP contribution in [0.1, 0.15) is 24.5 Å². The first-order valence-corrected chi connectivity index (χ1v) is 11.6. The summed E-state index contributed by atoms with van der Waals surface area (Å²) in [6, 6.07) is 16.5. The molecule has 6 nitrogen and oxygen atoms in total. The molecule has 0 N–H and O–H groups in total. The minimum Gasteiger partial charge on any atom is -0.379 e. The molecule has 1 fully saturated rings. The summed E-state index contributed by atoms with van der Waals surface area (Å²) in [5.74, 6) is -0.0642. The van der Waals surface area contributed by atoms with Gasteiger partial charge in [-0.3, -0.25) is 4.79 Å². The van der Waals surface area contributed by atoms with Crippen LogP contribution in [0.25, 0.3) is 6.08 Å². The van der Waals surface area contributed by atoms with Crippen LogP contribution >= 0.6 is 0 Å². The molecule has 2 aromatic rings. The van der Waals surface area contributed by atoms with Crippen molar-refractivity contribution < 1.29 is 17.9 Å². The Hall–Kier alpha value is -2.48. The fraction of sp³-hybridized carbons (Fsp3) is 0.348. The molecule has 0 radical (unpaired) electrons. The van der Waals surface area contributed by atoms with Crippen LogP contribution in [0, 0.1) is 0 Å². The van der Waals surface area contributed by atoms with Gasteiger partial charge in [-0.05, 0) is 35.8 Å². The molecular weight excluding hydrogens is 400 g/mol. The summed E-state index contributed by atoms with van der Waals surface area (Å²) >= 11 is 0. The third-order valence-corrected chi connectivity index (χ3v) is 6.84. The molecule has 0 unspecified atom stereocenters. The number of rotatable bonds is 8. The van der Waals surface area contributed by atoms with Gasteiger partial charge in [0.2, 0.25) is 15.9 Å². The van der Waals surface area contributed by atoms with E-state index in [2.05, 4.69) is 0 Å². The lowest BCUT2D eigenvalue weighted by Gasteiger charge is -2.26. The lowest BCUT2D eigenvalue weighted by atomic mass is 10.2. The van der Waals surface area contributed by atoms with E-state index in [1.54, 1.807) is 36.4 Å². The molecule has 3 rings (SSSR count). The molecule has 0 saturated carbocycles. The molecule has 7 heteroatoms. The number of hydrogen-bond donors (Lipinski definition) is 0. The summed E-state index contributed by atoms with van der Waals surface area (Å²) in [6.07, 6.45) is 4.14. The fourth-order valence-corrected chi connectivity index (χ4v) is 4.71. The number of hydrogen-bond acceptors (Lipinski definition) is 4. The first kappa shape index (κ1) is 22.2. The SMILES string of the molecule is CCCN(Cc1ccccc1)C(=O)/C=C/c1ccc(S(=O)(=O)N2CCOCC2)cc1. The Labute approximate surface area is 178 Å². The normalized spacial score (nSPS) is 15.4. The van der Waals surface area contributed by atoms with Gasteiger partial charge in [-0.25, -0.2) is 8.42 Å². The van der Waals surface area contributed by atoms with E-state index in [1.165, 1.54) is 4.31 Å². The zero-order chi connectivity index (χ0) is 21.4. The van der Waals surface area contributed by atoms with Gasteiger partial charge >= 0.3 is 0 Å². The molecule has 0 spiro atoms. The predicted molar refractivity (Wildman–Crippen MR) is 117 cm³/mol. The van der Waals surface area contributed by atoms with Crippen LogP contribution in [0.2, 0.25) is 0 Å². The zero-order valence-corrected chi connectivity index (χ0v) is 18.1. The van der Waals surface area contributed by atoms with Crippen LogP contribution in [-0.4, -0.2) is 56.4 Å². The summed E-state index contributed by atoms with van der Waals surface area (Å²) in [4.78, 5) is 14.7. The van der Waals surface area contributed by atoms with Gasteiger partial charge in [-0.15, -0.1) is 0 Å². The number of nitrogens with zero attached hydrogens (tertiary/aromatic N) is 2. The van der Waals surface area contributed by atoms with Crippen LogP contribution in [0.4, 0.5) is 0 Å². The van der Waals surface area contributed by atoms with E-state index in [0.29, 0.717) is 39.4 Å². The maximum atomic E-state index is 12.7. The molecule has 30 heavy (non-hydrogen) atoms. The highest BCUT2D eigenvalue weighted by Gasteiger charge is 2.25. The Bertz CT molecular complexity index is 950. The molecule has 1 aliphatic rings. The van der Waals surface area contributed by atoms with E-state index in [4.69, 9.17) is 4.74 Å². The molecule has 1 aliphatic heterocycles. The molecule has 0 aliphatic carbocycles. The second-order valence-corrected chi connectivity index (χ2v) is 9.10. The molecule has 160 valence electrons. The highest BCUT2D eigenvalue weighted by molar-refractivity contribution is 7.89. The van der Waals surface area contributed by atoms with Crippen molar-refractivity contribution in [3.8, 4) is 0 Å². The topological polar surface area (TPSA) is 66.9 Å². The average molecular weight is 429 g/mol. The third kappa shape index (κ3) is 5.78. The number of carbonyl (C=O) groups is 1. The third-order valence-electron chi connectivity index (χ3n) is 4.93. The Morgan fingerprint density at radius 1 is 1.07 bits per heavy atom. The quantitative estimate of drug-likeness (QED) is 0.606. The lowest BCUT2D eigenvalue weighted by Crippen LogP contribution is -2.40. The van der Waals surface area contributed by atoms with Crippen molar-refractivity contribution in [2.75, 3.05) is 32.8 Å². The van der Waals surface area contributed by atoms with Crippen molar-refractivity contribution in [3.05, 3.63) is 71.8 Å². The summed E-state index contributed by atoms with van der Waals surface area (Å²) in [5.41, 5.74) is 1.87. The summed E-state index contributed by atoms with van der Waals surface area (Å²) in [6.45, 7) is 4.85. The Kier molecular flexibility index (Phi) is 7.79. The molecule has 0 aromatic heterocycles. The molecule has 1 heterocycles. The Morgan fingerprint density at radius 2 is 1.73 bits per heavy atom. The molecule has 1 amide bonds. The smallest absolute Gasteiger partial charge is 0.246 e. The van der Waals surface area contributed by atoms with Gasteiger partial charge in [0.05, 0.1) is 18.1 Å². The van der Waals surface area contributed by atoms with Crippen molar-refractivity contribution in [1.82, 2.24) is 9.21 Å². The van der Waals surface area contributed by atoms with E-state index in [9.17, 15) is 13.2 Å². The van der Waals surface area contributed by atoms with E-state index in [-0.39, 0.29) is 10.8 Å². The highest BCUT2D eigenvalue weighted by Crippen LogP contribution is 2.18. The lowest BCUT2D eigenvalue weighted by molar-refractivity contribution is -0.126. The van der Waals surface area contributed by atoms with Crippen molar-refractivity contribution in [2.45, 2.75) is 24.8 Å². The Balaban J connectivity index is 1.66. The van der Waals surface area contributed by atoms with Crippen LogP contribution in [0.15, 0.2) is 65.6 Å². The van der Waals surface area contributed by atoms with Crippen molar-refractivity contribution >= 4 is 22.0 Å². The molecule has 0 bridgehead atoms. The number of carbonyl (C=O) groups excluding carboxylic acids is 1. The largest absolute Gasteiger partial charge is 0.379 e. The van der Waals surface area contributed by atoms with Gasteiger partial charge in [0.15, 0.2) is 0 Å². The minimum absolute atomic E-state index is 0.0642. The van der Waals surface area contributed by atoms with Crippen LogP contribution in [0.3, 0.4) is 0 Å². The first-order valence-electron chi connectivity index (χ1n) is 10.2. The van der Waals surface area contributed by atoms with Crippen LogP contribution in [0.5, 0.6) is 0 Å². The summed E-state index contributed by atoms with van der Waals surface area (Å²) in [5, 5.41) is 0. The first-order chi connectivity index (χ1) is 14.5. The number of morpholine rings is 1. The van der Waals surface area contributed by atoms with Gasteiger partial charge in [0.1, 0.15) is 0 Å². The number of ether oxygens (including phenoxy) is 1. The molecular formula is C23H28N2O4S. The van der Waals surface area contributed by atoms with E-state index < -0.39 is 10.0 Å².